The number of hydrogen-bond acceptors (Lipinski definition) is 5. The Balaban J connectivity index is 1.60. The van der Waals surface area contributed by atoms with Crippen LogP contribution in [-0.4, -0.2) is 52.6 Å². The molecule has 1 fully saturated rings. The van der Waals surface area contributed by atoms with E-state index in [4.69, 9.17) is 9.47 Å². The molecule has 0 aliphatic carbocycles. The molecule has 0 radical (unpaired) electrons. The third-order valence-corrected chi connectivity index (χ3v) is 7.13. The molecular weight excluding hydrogens is 428 g/mol. The number of carbonyl (C=O) groups excluding carboxylic acids is 1. The zero-order chi connectivity index (χ0) is 23.3. The first-order valence-electron chi connectivity index (χ1n) is 10.6. The molecule has 3 rings (SSSR count). The minimum Gasteiger partial charge on any atom is -0.495 e. The first kappa shape index (κ1) is 23.8. The van der Waals surface area contributed by atoms with Crippen molar-refractivity contribution in [2.24, 2.45) is 0 Å². The van der Waals surface area contributed by atoms with E-state index in [1.54, 1.807) is 23.1 Å². The van der Waals surface area contributed by atoms with Crippen molar-refractivity contribution in [2.45, 2.75) is 37.7 Å². The highest BCUT2D eigenvalue weighted by atomic mass is 32.2. The van der Waals surface area contributed by atoms with E-state index < -0.39 is 10.0 Å². The first-order chi connectivity index (χ1) is 15.2. The topological polar surface area (TPSA) is 84.9 Å². The number of ether oxygens (including phenoxy) is 2. The summed E-state index contributed by atoms with van der Waals surface area (Å²) in [4.78, 5) is 14.4. The molecule has 0 bridgehead atoms. The molecule has 2 aromatic rings. The Kier molecular flexibility index (Phi) is 7.58. The van der Waals surface area contributed by atoms with Crippen molar-refractivity contribution in [1.82, 2.24) is 9.62 Å². The van der Waals surface area contributed by atoms with Gasteiger partial charge in [0.25, 0.3) is 0 Å². The molecule has 0 atom stereocenters. The first-order valence-corrected chi connectivity index (χ1v) is 12.0. The van der Waals surface area contributed by atoms with Gasteiger partial charge >= 0.3 is 0 Å². The fraction of sp³-hybridized carbons (Fsp3) is 0.375. The summed E-state index contributed by atoms with van der Waals surface area (Å²) in [7, 11) is -0.923. The Morgan fingerprint density at radius 2 is 1.81 bits per heavy atom. The molecule has 1 amide bonds. The standard InChI is InChI=1S/C24H30N2O5S/c1-17-5-8-21(15-18(17)2)31-20-11-13-26(14-12-20)24(27)10-7-19-6-9-22(30-4)23(16-19)32(28,29)25-3/h5-10,15-16,20,25H,11-14H2,1-4H3/b10-7+. The summed E-state index contributed by atoms with van der Waals surface area (Å²) in [6.45, 7) is 5.36. The average Bonchev–Trinajstić information content (AvgIpc) is 2.80. The Labute approximate surface area is 190 Å². The average molecular weight is 459 g/mol. The van der Waals surface area contributed by atoms with Crippen LogP contribution in [0.1, 0.15) is 29.5 Å². The van der Waals surface area contributed by atoms with Gasteiger partial charge in [-0.25, -0.2) is 13.1 Å². The van der Waals surface area contributed by atoms with E-state index in [2.05, 4.69) is 24.6 Å². The molecule has 0 spiro atoms. The van der Waals surface area contributed by atoms with Gasteiger partial charge in [0.2, 0.25) is 15.9 Å². The van der Waals surface area contributed by atoms with Gasteiger partial charge in [-0.1, -0.05) is 12.1 Å². The lowest BCUT2D eigenvalue weighted by atomic mass is 10.1. The Bertz CT molecular complexity index is 1100. The number of likely N-dealkylation sites (tertiary alicyclic amines) is 1. The Morgan fingerprint density at radius 1 is 1.09 bits per heavy atom. The smallest absolute Gasteiger partial charge is 0.246 e. The number of rotatable bonds is 7. The van der Waals surface area contributed by atoms with Crippen LogP contribution in [0.25, 0.3) is 6.08 Å². The van der Waals surface area contributed by atoms with Gasteiger partial charge in [0.05, 0.1) is 7.11 Å². The van der Waals surface area contributed by atoms with Crippen molar-refractivity contribution in [3.63, 3.8) is 0 Å². The molecule has 0 unspecified atom stereocenters. The maximum Gasteiger partial charge on any atom is 0.246 e. The SMILES string of the molecule is CNS(=O)(=O)c1cc(/C=C/C(=O)N2CCC(Oc3ccc(C)c(C)c3)CC2)ccc1OC. The molecule has 0 saturated carbocycles. The van der Waals surface area contributed by atoms with Crippen molar-refractivity contribution in [2.75, 3.05) is 27.2 Å². The Morgan fingerprint density at radius 3 is 2.44 bits per heavy atom. The summed E-state index contributed by atoms with van der Waals surface area (Å²) in [5.41, 5.74) is 3.03. The van der Waals surface area contributed by atoms with Gasteiger partial charge in [-0.2, -0.15) is 0 Å². The Hall–Kier alpha value is -2.84. The number of sulfonamides is 1. The van der Waals surface area contributed by atoms with Gasteiger partial charge in [0, 0.05) is 32.0 Å². The highest BCUT2D eigenvalue weighted by Crippen LogP contribution is 2.25. The van der Waals surface area contributed by atoms with Gasteiger partial charge in [-0.3, -0.25) is 4.79 Å². The van der Waals surface area contributed by atoms with Crippen LogP contribution < -0.4 is 14.2 Å². The molecular formula is C24H30N2O5S. The van der Waals surface area contributed by atoms with E-state index in [0.29, 0.717) is 18.7 Å². The van der Waals surface area contributed by atoms with Crippen molar-refractivity contribution in [3.05, 3.63) is 59.2 Å². The maximum absolute atomic E-state index is 12.6. The predicted octanol–water partition coefficient (Wildman–Crippen LogP) is 3.30. The highest BCUT2D eigenvalue weighted by Gasteiger charge is 2.23. The third kappa shape index (κ3) is 5.69. The zero-order valence-electron chi connectivity index (χ0n) is 18.9. The number of hydrogen-bond donors (Lipinski definition) is 1. The number of piperidine rings is 1. The molecule has 32 heavy (non-hydrogen) atoms. The molecule has 1 saturated heterocycles. The number of methoxy groups -OCH3 is 1. The molecule has 8 heteroatoms. The van der Waals surface area contributed by atoms with Gasteiger partial charge in [-0.05, 0) is 67.9 Å². The van der Waals surface area contributed by atoms with E-state index in [0.717, 1.165) is 18.6 Å². The van der Waals surface area contributed by atoms with Crippen LogP contribution in [-0.2, 0) is 14.8 Å². The number of carbonyl (C=O) groups is 1. The third-order valence-electron chi connectivity index (χ3n) is 5.70. The lowest BCUT2D eigenvalue weighted by molar-refractivity contribution is -0.127. The lowest BCUT2D eigenvalue weighted by Crippen LogP contribution is -2.41. The quantitative estimate of drug-likeness (QED) is 0.644. The summed E-state index contributed by atoms with van der Waals surface area (Å²) < 4.78 is 37.9. The summed E-state index contributed by atoms with van der Waals surface area (Å²) in [5.74, 6) is 1.00. The van der Waals surface area contributed by atoms with Crippen molar-refractivity contribution in [3.8, 4) is 11.5 Å². The number of nitrogens with one attached hydrogen (secondary N) is 1. The summed E-state index contributed by atoms with van der Waals surface area (Å²) in [6.07, 6.45) is 4.70. The number of benzene rings is 2. The molecule has 1 aliphatic rings. The summed E-state index contributed by atoms with van der Waals surface area (Å²) in [5, 5.41) is 0. The largest absolute Gasteiger partial charge is 0.495 e. The van der Waals surface area contributed by atoms with E-state index in [1.807, 2.05) is 12.1 Å². The normalized spacial score (nSPS) is 15.2. The van der Waals surface area contributed by atoms with Gasteiger partial charge < -0.3 is 14.4 Å². The van der Waals surface area contributed by atoms with E-state index in [9.17, 15) is 13.2 Å². The number of nitrogens with zero attached hydrogens (tertiary/aromatic N) is 1. The molecule has 1 aliphatic heterocycles. The van der Waals surface area contributed by atoms with E-state index in [1.165, 1.54) is 37.4 Å². The van der Waals surface area contributed by atoms with Gasteiger partial charge in [0.15, 0.2) is 0 Å². The predicted molar refractivity (Wildman–Crippen MR) is 124 cm³/mol. The van der Waals surface area contributed by atoms with E-state index in [-0.39, 0.29) is 22.7 Å². The second kappa shape index (κ2) is 10.2. The summed E-state index contributed by atoms with van der Waals surface area (Å²) in [6, 6.07) is 10.9. The molecule has 7 nitrogen and oxygen atoms in total. The lowest BCUT2D eigenvalue weighted by Gasteiger charge is -2.31. The molecule has 1 N–H and O–H groups in total. The second-order valence-corrected chi connectivity index (χ2v) is 9.69. The summed E-state index contributed by atoms with van der Waals surface area (Å²) >= 11 is 0. The number of amides is 1. The maximum atomic E-state index is 12.6. The molecule has 0 aromatic heterocycles. The van der Waals surface area contributed by atoms with Gasteiger partial charge in [0.1, 0.15) is 22.5 Å². The van der Waals surface area contributed by atoms with Crippen molar-refractivity contribution in [1.29, 1.82) is 0 Å². The molecule has 1 heterocycles. The fourth-order valence-corrected chi connectivity index (χ4v) is 4.49. The van der Waals surface area contributed by atoms with E-state index >= 15 is 0 Å². The van der Waals surface area contributed by atoms with Crippen molar-refractivity contribution < 1.29 is 22.7 Å². The minimum atomic E-state index is -3.68. The van der Waals surface area contributed by atoms with Gasteiger partial charge in [-0.15, -0.1) is 0 Å². The van der Waals surface area contributed by atoms with Crippen molar-refractivity contribution >= 4 is 22.0 Å². The number of aryl methyl sites for hydroxylation is 2. The van der Waals surface area contributed by atoms with Crippen LogP contribution in [0.3, 0.4) is 0 Å². The fourth-order valence-electron chi connectivity index (χ4n) is 3.56. The highest BCUT2D eigenvalue weighted by molar-refractivity contribution is 7.89. The second-order valence-electron chi connectivity index (χ2n) is 7.84. The van der Waals surface area contributed by atoms with Crippen LogP contribution >= 0.6 is 0 Å². The van der Waals surface area contributed by atoms with Crippen LogP contribution in [0.2, 0.25) is 0 Å². The van der Waals surface area contributed by atoms with Crippen LogP contribution in [0, 0.1) is 13.8 Å². The zero-order valence-corrected chi connectivity index (χ0v) is 19.7. The minimum absolute atomic E-state index is 0.0291. The van der Waals surface area contributed by atoms with Crippen LogP contribution in [0.5, 0.6) is 11.5 Å². The van der Waals surface area contributed by atoms with Crippen LogP contribution in [0.4, 0.5) is 0 Å². The molecule has 2 aromatic carbocycles. The van der Waals surface area contributed by atoms with Crippen LogP contribution in [0.15, 0.2) is 47.4 Å². The molecule has 172 valence electrons. The monoisotopic (exact) mass is 458 g/mol.